The molecule has 1 aliphatic heterocycles. The SMILES string of the molecule is CCCNC(Cc1c(C)cccc1C)CC1CCOC1. The molecule has 0 spiro atoms. The first-order valence-electron chi connectivity index (χ1n) is 8.07. The van der Waals surface area contributed by atoms with Crippen LogP contribution in [-0.4, -0.2) is 25.8 Å². The van der Waals surface area contributed by atoms with E-state index in [1.54, 1.807) is 0 Å². The van der Waals surface area contributed by atoms with Crippen LogP contribution >= 0.6 is 0 Å². The Bertz CT molecular complexity index is 390. The van der Waals surface area contributed by atoms with Crippen molar-refractivity contribution in [2.45, 2.75) is 52.5 Å². The fourth-order valence-electron chi connectivity index (χ4n) is 3.18. The lowest BCUT2D eigenvalue weighted by molar-refractivity contribution is 0.181. The van der Waals surface area contributed by atoms with Crippen LogP contribution in [0.2, 0.25) is 0 Å². The molecule has 0 aliphatic carbocycles. The summed E-state index contributed by atoms with van der Waals surface area (Å²) < 4.78 is 5.53. The summed E-state index contributed by atoms with van der Waals surface area (Å²) in [6, 6.07) is 7.21. The largest absolute Gasteiger partial charge is 0.381 e. The van der Waals surface area contributed by atoms with E-state index < -0.39 is 0 Å². The second-order valence-electron chi connectivity index (χ2n) is 6.19. The summed E-state index contributed by atoms with van der Waals surface area (Å²) in [7, 11) is 0. The quantitative estimate of drug-likeness (QED) is 0.820. The van der Waals surface area contributed by atoms with E-state index in [0.717, 1.165) is 32.1 Å². The van der Waals surface area contributed by atoms with E-state index in [0.29, 0.717) is 6.04 Å². The Morgan fingerprint density at radius 1 is 1.30 bits per heavy atom. The third kappa shape index (κ3) is 4.32. The lowest BCUT2D eigenvalue weighted by Gasteiger charge is -2.23. The third-order valence-electron chi connectivity index (χ3n) is 4.42. The van der Waals surface area contributed by atoms with Gasteiger partial charge in [0, 0.05) is 19.3 Å². The maximum absolute atomic E-state index is 5.53. The van der Waals surface area contributed by atoms with Gasteiger partial charge in [0.05, 0.1) is 0 Å². The van der Waals surface area contributed by atoms with Crippen LogP contribution in [0.25, 0.3) is 0 Å². The maximum atomic E-state index is 5.53. The molecule has 112 valence electrons. The Balaban J connectivity index is 2.01. The molecule has 2 heteroatoms. The minimum absolute atomic E-state index is 0.585. The molecule has 2 rings (SSSR count). The average molecular weight is 275 g/mol. The predicted octanol–water partition coefficient (Wildman–Crippen LogP) is 3.64. The van der Waals surface area contributed by atoms with Gasteiger partial charge in [-0.2, -0.15) is 0 Å². The molecule has 2 unspecified atom stereocenters. The lowest BCUT2D eigenvalue weighted by Crippen LogP contribution is -2.34. The number of hydrogen-bond donors (Lipinski definition) is 1. The Labute approximate surface area is 123 Å². The molecule has 1 fully saturated rings. The normalized spacial score (nSPS) is 20.2. The Kier molecular flexibility index (Phi) is 6.06. The van der Waals surface area contributed by atoms with Crippen molar-refractivity contribution in [2.24, 2.45) is 5.92 Å². The van der Waals surface area contributed by atoms with Crippen LogP contribution in [0.3, 0.4) is 0 Å². The summed E-state index contributed by atoms with van der Waals surface area (Å²) in [5, 5.41) is 3.74. The average Bonchev–Trinajstić information content (AvgIpc) is 2.93. The molecule has 1 aliphatic rings. The van der Waals surface area contributed by atoms with Crippen molar-refractivity contribution in [3.63, 3.8) is 0 Å². The maximum Gasteiger partial charge on any atom is 0.0495 e. The number of hydrogen-bond acceptors (Lipinski definition) is 2. The molecule has 20 heavy (non-hydrogen) atoms. The van der Waals surface area contributed by atoms with Crippen LogP contribution in [0.5, 0.6) is 0 Å². The summed E-state index contributed by atoms with van der Waals surface area (Å²) in [6.07, 6.45) is 4.82. The number of nitrogens with one attached hydrogen (secondary N) is 1. The monoisotopic (exact) mass is 275 g/mol. The van der Waals surface area contributed by atoms with Gasteiger partial charge in [-0.3, -0.25) is 0 Å². The molecule has 2 atom stereocenters. The van der Waals surface area contributed by atoms with Crippen LogP contribution in [0.4, 0.5) is 0 Å². The second kappa shape index (κ2) is 7.80. The van der Waals surface area contributed by atoms with E-state index in [1.165, 1.54) is 36.0 Å². The van der Waals surface area contributed by atoms with Gasteiger partial charge in [0.2, 0.25) is 0 Å². The molecule has 1 saturated heterocycles. The van der Waals surface area contributed by atoms with Crippen molar-refractivity contribution in [2.75, 3.05) is 19.8 Å². The Hall–Kier alpha value is -0.860. The zero-order chi connectivity index (χ0) is 14.4. The fourth-order valence-corrected chi connectivity index (χ4v) is 3.18. The molecular formula is C18H29NO. The standard InChI is InChI=1S/C18H29NO/c1-4-9-19-17(11-16-8-10-20-13-16)12-18-14(2)6-5-7-15(18)3/h5-7,16-17,19H,4,8-13H2,1-3H3. The third-order valence-corrected chi connectivity index (χ3v) is 4.42. The highest BCUT2D eigenvalue weighted by atomic mass is 16.5. The molecule has 1 aromatic carbocycles. The number of rotatable bonds is 7. The Morgan fingerprint density at radius 2 is 2.05 bits per heavy atom. The van der Waals surface area contributed by atoms with E-state index in [4.69, 9.17) is 4.74 Å². The first-order chi connectivity index (χ1) is 9.70. The molecule has 0 bridgehead atoms. The summed E-state index contributed by atoms with van der Waals surface area (Å²) in [4.78, 5) is 0. The van der Waals surface area contributed by atoms with Crippen LogP contribution in [0, 0.1) is 19.8 Å². The van der Waals surface area contributed by atoms with Gasteiger partial charge in [-0.1, -0.05) is 25.1 Å². The minimum Gasteiger partial charge on any atom is -0.381 e. The second-order valence-corrected chi connectivity index (χ2v) is 6.19. The van der Waals surface area contributed by atoms with Gasteiger partial charge in [0.15, 0.2) is 0 Å². The predicted molar refractivity (Wildman–Crippen MR) is 85.2 cm³/mol. The summed E-state index contributed by atoms with van der Waals surface area (Å²) in [6.45, 7) is 9.73. The zero-order valence-corrected chi connectivity index (χ0v) is 13.2. The topological polar surface area (TPSA) is 21.3 Å². The van der Waals surface area contributed by atoms with Crippen molar-refractivity contribution in [1.82, 2.24) is 5.32 Å². The van der Waals surface area contributed by atoms with Gasteiger partial charge in [-0.05, 0) is 68.7 Å². The summed E-state index contributed by atoms with van der Waals surface area (Å²) >= 11 is 0. The molecule has 2 nitrogen and oxygen atoms in total. The molecule has 1 N–H and O–H groups in total. The van der Waals surface area contributed by atoms with Crippen molar-refractivity contribution in [3.8, 4) is 0 Å². The van der Waals surface area contributed by atoms with E-state index in [9.17, 15) is 0 Å². The number of aryl methyl sites for hydroxylation is 2. The van der Waals surface area contributed by atoms with Gasteiger partial charge in [-0.25, -0.2) is 0 Å². The molecule has 1 heterocycles. The van der Waals surface area contributed by atoms with Crippen LogP contribution in [0.1, 0.15) is 42.9 Å². The van der Waals surface area contributed by atoms with Crippen molar-refractivity contribution in [3.05, 3.63) is 34.9 Å². The van der Waals surface area contributed by atoms with Gasteiger partial charge in [0.25, 0.3) is 0 Å². The van der Waals surface area contributed by atoms with Crippen LogP contribution < -0.4 is 5.32 Å². The van der Waals surface area contributed by atoms with Gasteiger partial charge >= 0.3 is 0 Å². The van der Waals surface area contributed by atoms with Crippen LogP contribution in [0.15, 0.2) is 18.2 Å². The van der Waals surface area contributed by atoms with Gasteiger partial charge in [0.1, 0.15) is 0 Å². The highest BCUT2D eigenvalue weighted by Gasteiger charge is 2.21. The first-order valence-corrected chi connectivity index (χ1v) is 8.07. The first kappa shape index (κ1) is 15.5. The van der Waals surface area contributed by atoms with Crippen LogP contribution in [-0.2, 0) is 11.2 Å². The molecule has 0 aromatic heterocycles. The van der Waals surface area contributed by atoms with Gasteiger partial charge in [-0.15, -0.1) is 0 Å². The van der Waals surface area contributed by atoms with E-state index in [-0.39, 0.29) is 0 Å². The number of benzene rings is 1. The fraction of sp³-hybridized carbons (Fsp3) is 0.667. The summed E-state index contributed by atoms with van der Waals surface area (Å²) in [5.41, 5.74) is 4.38. The summed E-state index contributed by atoms with van der Waals surface area (Å²) in [5.74, 6) is 0.744. The Morgan fingerprint density at radius 3 is 2.65 bits per heavy atom. The van der Waals surface area contributed by atoms with E-state index in [1.807, 2.05) is 0 Å². The van der Waals surface area contributed by atoms with Crippen molar-refractivity contribution < 1.29 is 4.74 Å². The van der Waals surface area contributed by atoms with Gasteiger partial charge < -0.3 is 10.1 Å². The highest BCUT2D eigenvalue weighted by molar-refractivity contribution is 5.34. The molecule has 0 amide bonds. The highest BCUT2D eigenvalue weighted by Crippen LogP contribution is 2.22. The smallest absolute Gasteiger partial charge is 0.0495 e. The molecule has 1 aromatic rings. The van der Waals surface area contributed by atoms with Crippen molar-refractivity contribution in [1.29, 1.82) is 0 Å². The zero-order valence-electron chi connectivity index (χ0n) is 13.2. The number of ether oxygens (including phenoxy) is 1. The molecular weight excluding hydrogens is 246 g/mol. The minimum atomic E-state index is 0.585. The lowest BCUT2D eigenvalue weighted by atomic mass is 9.91. The molecule has 0 radical (unpaired) electrons. The molecule has 0 saturated carbocycles. The van der Waals surface area contributed by atoms with E-state index >= 15 is 0 Å². The van der Waals surface area contributed by atoms with E-state index in [2.05, 4.69) is 44.3 Å². The van der Waals surface area contributed by atoms with Crippen molar-refractivity contribution >= 4 is 0 Å².